The summed E-state index contributed by atoms with van der Waals surface area (Å²) in [5.74, 6) is 0.358. The zero-order valence-corrected chi connectivity index (χ0v) is 16.1. The lowest BCUT2D eigenvalue weighted by atomic mass is 10.0. The highest BCUT2D eigenvalue weighted by atomic mass is 32.2. The molecule has 0 unspecified atom stereocenters. The van der Waals surface area contributed by atoms with Gasteiger partial charge in [0, 0.05) is 0 Å². The standard InChI is InChI=1S/C20H26O4S/c1-5-13-9-17(10-14(6-2)19(13)21)25(23,24)18-11-15(7-3)20(22)16(8-4)12-18/h9-12,21-22H,5-8H2,1-4H3. The smallest absolute Gasteiger partial charge is 0.206 e. The summed E-state index contributed by atoms with van der Waals surface area (Å²) in [6, 6.07) is 6.20. The molecule has 2 rings (SSSR count). The highest BCUT2D eigenvalue weighted by Gasteiger charge is 2.23. The summed E-state index contributed by atoms with van der Waals surface area (Å²) in [7, 11) is -3.73. The van der Waals surface area contributed by atoms with Gasteiger partial charge in [-0.2, -0.15) is 0 Å². The molecule has 25 heavy (non-hydrogen) atoms. The maximum Gasteiger partial charge on any atom is 0.206 e. The Morgan fingerprint density at radius 1 is 0.640 bits per heavy atom. The lowest BCUT2D eigenvalue weighted by Crippen LogP contribution is -2.06. The first-order chi connectivity index (χ1) is 11.8. The van der Waals surface area contributed by atoms with E-state index in [9.17, 15) is 18.6 Å². The van der Waals surface area contributed by atoms with Crippen LogP contribution in [0.25, 0.3) is 0 Å². The summed E-state index contributed by atoms with van der Waals surface area (Å²) in [6.07, 6.45) is 2.22. The van der Waals surface area contributed by atoms with E-state index in [4.69, 9.17) is 0 Å². The monoisotopic (exact) mass is 362 g/mol. The van der Waals surface area contributed by atoms with Crippen LogP contribution in [0.5, 0.6) is 11.5 Å². The van der Waals surface area contributed by atoms with Crippen LogP contribution in [0.3, 0.4) is 0 Å². The Labute approximate surface area is 150 Å². The van der Waals surface area contributed by atoms with Gasteiger partial charge in [0.15, 0.2) is 0 Å². The first-order valence-corrected chi connectivity index (χ1v) is 10.2. The third kappa shape index (κ3) is 3.52. The van der Waals surface area contributed by atoms with Crippen LogP contribution >= 0.6 is 0 Å². The Morgan fingerprint density at radius 2 is 0.880 bits per heavy atom. The van der Waals surface area contributed by atoms with Gasteiger partial charge in [0.25, 0.3) is 0 Å². The summed E-state index contributed by atoms with van der Waals surface area (Å²) in [6.45, 7) is 7.54. The SMILES string of the molecule is CCc1cc(S(=O)(=O)c2cc(CC)c(O)c(CC)c2)cc(CC)c1O. The number of hydrogen-bond donors (Lipinski definition) is 2. The van der Waals surface area contributed by atoms with Crippen LogP contribution in [0.1, 0.15) is 49.9 Å². The lowest BCUT2D eigenvalue weighted by molar-refractivity contribution is 0.461. The van der Waals surface area contributed by atoms with Crippen LogP contribution < -0.4 is 0 Å². The van der Waals surface area contributed by atoms with Crippen molar-refractivity contribution < 1.29 is 18.6 Å². The zero-order chi connectivity index (χ0) is 18.8. The van der Waals surface area contributed by atoms with E-state index in [2.05, 4.69) is 0 Å². The maximum absolute atomic E-state index is 13.2. The van der Waals surface area contributed by atoms with Crippen molar-refractivity contribution in [2.45, 2.75) is 63.2 Å². The molecule has 0 amide bonds. The van der Waals surface area contributed by atoms with Crippen molar-refractivity contribution in [2.24, 2.45) is 0 Å². The Bertz CT molecular complexity index is 765. The molecule has 0 aliphatic heterocycles. The molecule has 0 aliphatic carbocycles. The predicted molar refractivity (Wildman–Crippen MR) is 99.2 cm³/mol. The fraction of sp³-hybridized carbons (Fsp3) is 0.400. The fourth-order valence-corrected chi connectivity index (χ4v) is 4.44. The molecule has 0 aliphatic rings. The molecule has 2 N–H and O–H groups in total. The Kier molecular flexibility index (Phi) is 5.78. The van der Waals surface area contributed by atoms with Gasteiger partial charge in [-0.05, 0) is 72.2 Å². The van der Waals surface area contributed by atoms with Crippen LogP contribution in [0.4, 0.5) is 0 Å². The van der Waals surface area contributed by atoms with Crippen molar-refractivity contribution in [3.63, 3.8) is 0 Å². The van der Waals surface area contributed by atoms with E-state index < -0.39 is 9.84 Å². The second-order valence-electron chi connectivity index (χ2n) is 6.10. The van der Waals surface area contributed by atoms with E-state index in [0.29, 0.717) is 47.9 Å². The zero-order valence-electron chi connectivity index (χ0n) is 15.3. The molecule has 4 nitrogen and oxygen atoms in total. The van der Waals surface area contributed by atoms with Crippen molar-refractivity contribution in [1.82, 2.24) is 0 Å². The number of sulfone groups is 1. The van der Waals surface area contributed by atoms with Crippen LogP contribution in [-0.2, 0) is 35.5 Å². The second-order valence-corrected chi connectivity index (χ2v) is 8.05. The molecular formula is C20H26O4S. The fourth-order valence-electron chi connectivity index (χ4n) is 2.98. The predicted octanol–water partition coefficient (Wildman–Crippen LogP) is 4.18. The molecular weight excluding hydrogens is 336 g/mol. The summed E-state index contributed by atoms with van der Waals surface area (Å²) in [5, 5.41) is 20.4. The van der Waals surface area contributed by atoms with Gasteiger partial charge in [0.1, 0.15) is 11.5 Å². The molecule has 0 saturated heterocycles. The molecule has 0 radical (unpaired) electrons. The van der Waals surface area contributed by atoms with Gasteiger partial charge in [-0.1, -0.05) is 27.7 Å². The summed E-state index contributed by atoms with van der Waals surface area (Å²) >= 11 is 0. The van der Waals surface area contributed by atoms with Crippen LogP contribution in [-0.4, -0.2) is 18.6 Å². The molecule has 0 heterocycles. The number of hydrogen-bond acceptors (Lipinski definition) is 4. The van der Waals surface area contributed by atoms with Gasteiger partial charge < -0.3 is 10.2 Å². The molecule has 0 aromatic heterocycles. The van der Waals surface area contributed by atoms with Gasteiger partial charge in [-0.15, -0.1) is 0 Å². The Balaban J connectivity index is 2.71. The minimum atomic E-state index is -3.73. The molecule has 0 atom stereocenters. The van der Waals surface area contributed by atoms with Gasteiger partial charge in [0.05, 0.1) is 9.79 Å². The first-order valence-electron chi connectivity index (χ1n) is 8.74. The van der Waals surface area contributed by atoms with Crippen molar-refractivity contribution in [3.8, 4) is 11.5 Å². The third-order valence-electron chi connectivity index (χ3n) is 4.63. The highest BCUT2D eigenvalue weighted by molar-refractivity contribution is 7.91. The minimum absolute atomic E-state index is 0.179. The number of phenolic OH excluding ortho intramolecular Hbond substituents is 2. The van der Waals surface area contributed by atoms with Crippen molar-refractivity contribution >= 4 is 9.84 Å². The molecule has 0 spiro atoms. The van der Waals surface area contributed by atoms with E-state index >= 15 is 0 Å². The van der Waals surface area contributed by atoms with Crippen LogP contribution in [0.2, 0.25) is 0 Å². The normalized spacial score (nSPS) is 11.7. The first kappa shape index (κ1) is 19.3. The number of aromatic hydroxyl groups is 2. The van der Waals surface area contributed by atoms with Crippen molar-refractivity contribution in [1.29, 1.82) is 0 Å². The average Bonchev–Trinajstić information content (AvgIpc) is 2.61. The minimum Gasteiger partial charge on any atom is -0.507 e. The molecule has 0 fully saturated rings. The number of rotatable bonds is 6. The van der Waals surface area contributed by atoms with Gasteiger partial charge in [0.2, 0.25) is 9.84 Å². The van der Waals surface area contributed by atoms with Crippen molar-refractivity contribution in [2.75, 3.05) is 0 Å². The average molecular weight is 362 g/mol. The van der Waals surface area contributed by atoms with E-state index in [-0.39, 0.29) is 21.3 Å². The van der Waals surface area contributed by atoms with Gasteiger partial charge in [-0.3, -0.25) is 0 Å². The Morgan fingerprint density at radius 3 is 1.08 bits per heavy atom. The van der Waals surface area contributed by atoms with E-state index in [1.165, 1.54) is 0 Å². The van der Waals surface area contributed by atoms with Crippen molar-refractivity contribution in [3.05, 3.63) is 46.5 Å². The topological polar surface area (TPSA) is 74.6 Å². The van der Waals surface area contributed by atoms with E-state index in [0.717, 1.165) is 0 Å². The highest BCUT2D eigenvalue weighted by Crippen LogP contribution is 2.34. The summed E-state index contributed by atoms with van der Waals surface area (Å²) in [4.78, 5) is 0.377. The molecule has 136 valence electrons. The van der Waals surface area contributed by atoms with E-state index in [1.54, 1.807) is 24.3 Å². The lowest BCUT2D eigenvalue weighted by Gasteiger charge is -2.14. The van der Waals surface area contributed by atoms with Crippen LogP contribution in [0.15, 0.2) is 34.1 Å². The summed E-state index contributed by atoms with van der Waals surface area (Å²) < 4.78 is 26.3. The number of aryl methyl sites for hydroxylation is 4. The number of phenols is 2. The quantitative estimate of drug-likeness (QED) is 0.808. The number of benzene rings is 2. The largest absolute Gasteiger partial charge is 0.507 e. The summed E-state index contributed by atoms with van der Waals surface area (Å²) in [5.41, 5.74) is 2.51. The molecule has 5 heteroatoms. The molecule has 0 saturated carbocycles. The van der Waals surface area contributed by atoms with E-state index in [1.807, 2.05) is 27.7 Å². The second kappa shape index (κ2) is 7.48. The molecule has 2 aromatic rings. The van der Waals surface area contributed by atoms with Gasteiger partial charge >= 0.3 is 0 Å². The third-order valence-corrected chi connectivity index (χ3v) is 6.34. The maximum atomic E-state index is 13.2. The van der Waals surface area contributed by atoms with Crippen LogP contribution in [0, 0.1) is 0 Å². The molecule has 0 bridgehead atoms. The molecule has 2 aromatic carbocycles. The Hall–Kier alpha value is -2.01. The van der Waals surface area contributed by atoms with Gasteiger partial charge in [-0.25, -0.2) is 8.42 Å².